The van der Waals surface area contributed by atoms with Crippen molar-refractivity contribution in [2.24, 2.45) is 0 Å². The van der Waals surface area contributed by atoms with Crippen molar-refractivity contribution in [3.63, 3.8) is 0 Å². The van der Waals surface area contributed by atoms with Crippen LogP contribution in [-0.4, -0.2) is 26.6 Å². The number of carbonyl (C=O) groups is 1. The first-order chi connectivity index (χ1) is 10.8. The minimum Gasteiger partial charge on any atom is -0.472 e. The highest BCUT2D eigenvalue weighted by Crippen LogP contribution is 2.25. The average molecular weight is 301 g/mol. The molecule has 1 aliphatic carbocycles. The van der Waals surface area contributed by atoms with E-state index in [1.54, 1.807) is 23.4 Å². The minimum atomic E-state index is 0.0767. The Morgan fingerprint density at radius 1 is 1.41 bits per heavy atom. The zero-order chi connectivity index (χ0) is 15.4. The molecule has 2 aromatic rings. The standard InChI is InChI=1S/C17H23N3O2/c1-2-19-12-15(10-18-19)17(21)20(11-14-8-9-22-13-14)16-6-4-3-5-7-16/h8-10,12-13,16H,2-7,11H2,1H3. The molecule has 118 valence electrons. The van der Waals surface area contributed by atoms with Crippen molar-refractivity contribution in [1.29, 1.82) is 0 Å². The van der Waals surface area contributed by atoms with E-state index in [1.807, 2.05) is 24.1 Å². The number of nitrogens with zero attached hydrogens (tertiary/aromatic N) is 3. The molecule has 0 atom stereocenters. The Morgan fingerprint density at radius 3 is 2.86 bits per heavy atom. The van der Waals surface area contributed by atoms with Crippen molar-refractivity contribution in [3.05, 3.63) is 42.1 Å². The highest BCUT2D eigenvalue weighted by Gasteiger charge is 2.27. The van der Waals surface area contributed by atoms with Gasteiger partial charge in [-0.3, -0.25) is 9.48 Å². The first kappa shape index (κ1) is 14.9. The molecule has 0 saturated heterocycles. The highest BCUT2D eigenvalue weighted by molar-refractivity contribution is 5.94. The number of hydrogen-bond donors (Lipinski definition) is 0. The van der Waals surface area contributed by atoms with E-state index in [0.717, 1.165) is 24.9 Å². The van der Waals surface area contributed by atoms with Crippen LogP contribution in [0.15, 0.2) is 35.4 Å². The SMILES string of the molecule is CCn1cc(C(=O)N(Cc2ccoc2)C2CCCCC2)cn1. The molecule has 1 amide bonds. The van der Waals surface area contributed by atoms with Crippen LogP contribution in [0.4, 0.5) is 0 Å². The van der Waals surface area contributed by atoms with Gasteiger partial charge in [-0.2, -0.15) is 5.10 Å². The van der Waals surface area contributed by atoms with Gasteiger partial charge in [0.05, 0.1) is 24.3 Å². The molecule has 3 rings (SSSR count). The lowest BCUT2D eigenvalue weighted by Gasteiger charge is -2.34. The Labute approximate surface area is 130 Å². The second kappa shape index (κ2) is 6.81. The molecule has 2 aromatic heterocycles. The van der Waals surface area contributed by atoms with Gasteiger partial charge in [0.25, 0.3) is 5.91 Å². The van der Waals surface area contributed by atoms with Gasteiger partial charge in [-0.1, -0.05) is 19.3 Å². The average Bonchev–Trinajstić information content (AvgIpc) is 3.24. The Hall–Kier alpha value is -2.04. The number of aryl methyl sites for hydroxylation is 1. The smallest absolute Gasteiger partial charge is 0.257 e. The third-order valence-electron chi connectivity index (χ3n) is 4.41. The molecule has 1 saturated carbocycles. The first-order valence-electron chi connectivity index (χ1n) is 8.12. The van der Waals surface area contributed by atoms with Crippen LogP contribution in [0.1, 0.15) is 54.9 Å². The molecule has 0 N–H and O–H groups in total. The van der Waals surface area contributed by atoms with E-state index in [2.05, 4.69) is 5.10 Å². The molecular formula is C17H23N3O2. The van der Waals surface area contributed by atoms with E-state index in [4.69, 9.17) is 4.42 Å². The fourth-order valence-electron chi connectivity index (χ4n) is 3.15. The zero-order valence-corrected chi connectivity index (χ0v) is 13.1. The molecule has 0 unspecified atom stereocenters. The van der Waals surface area contributed by atoms with Crippen molar-refractivity contribution in [1.82, 2.24) is 14.7 Å². The Morgan fingerprint density at radius 2 is 2.23 bits per heavy atom. The molecule has 2 heterocycles. The van der Waals surface area contributed by atoms with Crippen LogP contribution in [0.5, 0.6) is 0 Å². The molecule has 0 bridgehead atoms. The second-order valence-corrected chi connectivity index (χ2v) is 5.94. The summed E-state index contributed by atoms with van der Waals surface area (Å²) >= 11 is 0. The lowest BCUT2D eigenvalue weighted by molar-refractivity contribution is 0.0614. The van der Waals surface area contributed by atoms with Gasteiger partial charge in [0.15, 0.2) is 0 Å². The van der Waals surface area contributed by atoms with E-state index in [1.165, 1.54) is 19.3 Å². The quantitative estimate of drug-likeness (QED) is 0.849. The van der Waals surface area contributed by atoms with Gasteiger partial charge < -0.3 is 9.32 Å². The maximum atomic E-state index is 12.9. The number of amides is 1. The second-order valence-electron chi connectivity index (χ2n) is 5.94. The van der Waals surface area contributed by atoms with Crippen LogP contribution in [0.3, 0.4) is 0 Å². The normalized spacial score (nSPS) is 15.9. The molecule has 0 spiro atoms. The maximum absolute atomic E-state index is 12.9. The molecule has 0 aliphatic heterocycles. The summed E-state index contributed by atoms with van der Waals surface area (Å²) in [6.45, 7) is 3.40. The molecular weight excluding hydrogens is 278 g/mol. The molecule has 5 heteroatoms. The van der Waals surface area contributed by atoms with E-state index in [9.17, 15) is 4.79 Å². The Balaban J connectivity index is 1.81. The highest BCUT2D eigenvalue weighted by atomic mass is 16.3. The summed E-state index contributed by atoms with van der Waals surface area (Å²) in [4.78, 5) is 14.9. The fraction of sp³-hybridized carbons (Fsp3) is 0.529. The molecule has 1 fully saturated rings. The third-order valence-corrected chi connectivity index (χ3v) is 4.41. The van der Waals surface area contributed by atoms with Crippen LogP contribution in [-0.2, 0) is 13.1 Å². The number of carbonyl (C=O) groups excluding carboxylic acids is 1. The van der Waals surface area contributed by atoms with Gasteiger partial charge in [0.1, 0.15) is 0 Å². The lowest BCUT2D eigenvalue weighted by Crippen LogP contribution is -2.40. The topological polar surface area (TPSA) is 51.3 Å². The summed E-state index contributed by atoms with van der Waals surface area (Å²) in [6.07, 6.45) is 12.8. The van der Waals surface area contributed by atoms with E-state index < -0.39 is 0 Å². The van der Waals surface area contributed by atoms with E-state index in [-0.39, 0.29) is 5.91 Å². The maximum Gasteiger partial charge on any atom is 0.257 e. The van der Waals surface area contributed by atoms with Gasteiger partial charge >= 0.3 is 0 Å². The molecule has 0 aromatic carbocycles. The predicted molar refractivity (Wildman–Crippen MR) is 83.4 cm³/mol. The van der Waals surface area contributed by atoms with Crippen LogP contribution in [0, 0.1) is 0 Å². The van der Waals surface area contributed by atoms with Gasteiger partial charge in [-0.15, -0.1) is 0 Å². The largest absolute Gasteiger partial charge is 0.472 e. The monoisotopic (exact) mass is 301 g/mol. The zero-order valence-electron chi connectivity index (χ0n) is 13.1. The van der Waals surface area contributed by atoms with Gasteiger partial charge in [-0.05, 0) is 25.8 Å². The van der Waals surface area contributed by atoms with Crippen molar-refractivity contribution in [3.8, 4) is 0 Å². The summed E-state index contributed by atoms with van der Waals surface area (Å²) in [5, 5.41) is 4.23. The lowest BCUT2D eigenvalue weighted by atomic mass is 9.93. The first-order valence-corrected chi connectivity index (χ1v) is 8.12. The van der Waals surface area contributed by atoms with Gasteiger partial charge in [0, 0.05) is 30.9 Å². The summed E-state index contributed by atoms with van der Waals surface area (Å²) < 4.78 is 6.95. The molecule has 1 aliphatic rings. The predicted octanol–water partition coefficient (Wildman–Crippen LogP) is 3.47. The van der Waals surface area contributed by atoms with Gasteiger partial charge in [0.2, 0.25) is 0 Å². The summed E-state index contributed by atoms with van der Waals surface area (Å²) in [5.41, 5.74) is 1.72. The third kappa shape index (κ3) is 3.24. The fourth-order valence-corrected chi connectivity index (χ4v) is 3.15. The van der Waals surface area contributed by atoms with Crippen LogP contribution in [0.2, 0.25) is 0 Å². The van der Waals surface area contributed by atoms with Crippen molar-refractivity contribution in [2.75, 3.05) is 0 Å². The van der Waals surface area contributed by atoms with Crippen molar-refractivity contribution >= 4 is 5.91 Å². The van der Waals surface area contributed by atoms with Crippen LogP contribution < -0.4 is 0 Å². The Bertz CT molecular complexity index is 597. The van der Waals surface area contributed by atoms with Crippen LogP contribution >= 0.6 is 0 Å². The summed E-state index contributed by atoms with van der Waals surface area (Å²) in [6, 6.07) is 2.25. The number of furan rings is 1. The summed E-state index contributed by atoms with van der Waals surface area (Å²) in [5.74, 6) is 0.0767. The number of hydrogen-bond acceptors (Lipinski definition) is 3. The van der Waals surface area contributed by atoms with Crippen LogP contribution in [0.25, 0.3) is 0 Å². The summed E-state index contributed by atoms with van der Waals surface area (Å²) in [7, 11) is 0. The van der Waals surface area contributed by atoms with Crippen molar-refractivity contribution in [2.45, 2.75) is 58.2 Å². The van der Waals surface area contributed by atoms with E-state index in [0.29, 0.717) is 18.2 Å². The molecule has 5 nitrogen and oxygen atoms in total. The number of aromatic nitrogens is 2. The molecule has 22 heavy (non-hydrogen) atoms. The van der Waals surface area contributed by atoms with Gasteiger partial charge in [-0.25, -0.2) is 0 Å². The van der Waals surface area contributed by atoms with Crippen molar-refractivity contribution < 1.29 is 9.21 Å². The van der Waals surface area contributed by atoms with E-state index >= 15 is 0 Å². The number of rotatable bonds is 5. The Kier molecular flexibility index (Phi) is 4.61. The minimum absolute atomic E-state index is 0.0767. The molecule has 0 radical (unpaired) electrons.